The zero-order valence-electron chi connectivity index (χ0n) is 18.6. The monoisotopic (exact) mass is 441 g/mol. The van der Waals surface area contributed by atoms with Crippen LogP contribution in [0.4, 0.5) is 5.13 Å². The molecule has 0 aliphatic heterocycles. The van der Waals surface area contributed by atoms with Gasteiger partial charge >= 0.3 is 0 Å². The molecule has 0 saturated carbocycles. The summed E-state index contributed by atoms with van der Waals surface area (Å²) in [6.07, 6.45) is 1.40. The van der Waals surface area contributed by atoms with E-state index in [1.165, 1.54) is 26.3 Å². The Morgan fingerprint density at radius 2 is 1.77 bits per heavy atom. The average Bonchev–Trinajstić information content (AvgIpc) is 3.10. The molecule has 6 heteroatoms. The lowest BCUT2D eigenvalue weighted by Gasteiger charge is -2.22. The summed E-state index contributed by atoms with van der Waals surface area (Å²) in [4.78, 5) is 23.2. The number of fused-ring (bicyclic) bond motifs is 1. The third-order valence-corrected chi connectivity index (χ3v) is 7.26. The molecule has 0 atom stereocenters. The van der Waals surface area contributed by atoms with E-state index in [0.29, 0.717) is 13.0 Å². The number of aryl methyl sites for hydroxylation is 3. The lowest BCUT2D eigenvalue weighted by Crippen LogP contribution is -2.36. The summed E-state index contributed by atoms with van der Waals surface area (Å²) in [5, 5.41) is 0.816. The maximum atomic E-state index is 13.1. The van der Waals surface area contributed by atoms with Crippen molar-refractivity contribution >= 4 is 44.4 Å². The molecule has 1 amide bonds. The second kappa shape index (κ2) is 10.4. The molecule has 0 spiro atoms. The predicted octanol–water partition coefficient (Wildman–Crippen LogP) is 5.69. The molecule has 1 heterocycles. The van der Waals surface area contributed by atoms with Gasteiger partial charge in [-0.1, -0.05) is 35.1 Å². The molecule has 2 aromatic carbocycles. The highest BCUT2D eigenvalue weighted by molar-refractivity contribution is 7.99. The molecule has 1 aromatic heterocycles. The zero-order chi connectivity index (χ0) is 21.7. The van der Waals surface area contributed by atoms with Crippen LogP contribution >= 0.6 is 23.1 Å². The number of benzene rings is 2. The molecule has 30 heavy (non-hydrogen) atoms. The molecule has 3 aromatic rings. The molecular formula is C24H31N3OS2. The quantitative estimate of drug-likeness (QED) is 0.316. The number of anilines is 1. The summed E-state index contributed by atoms with van der Waals surface area (Å²) in [6, 6.07) is 12.8. The lowest BCUT2D eigenvalue weighted by atomic mass is 10.1. The number of hydrogen-bond donors (Lipinski definition) is 0. The van der Waals surface area contributed by atoms with Crippen molar-refractivity contribution in [3.63, 3.8) is 0 Å². The van der Waals surface area contributed by atoms with Crippen LogP contribution in [-0.4, -0.2) is 48.7 Å². The van der Waals surface area contributed by atoms with Crippen LogP contribution < -0.4 is 4.90 Å². The van der Waals surface area contributed by atoms with E-state index < -0.39 is 0 Å². The highest BCUT2D eigenvalue weighted by Crippen LogP contribution is 2.32. The first kappa shape index (κ1) is 22.8. The second-order valence-corrected chi connectivity index (χ2v) is 10.2. The van der Waals surface area contributed by atoms with Crippen LogP contribution in [0.3, 0.4) is 0 Å². The van der Waals surface area contributed by atoms with Crippen LogP contribution in [0.1, 0.15) is 29.5 Å². The first-order chi connectivity index (χ1) is 14.3. The van der Waals surface area contributed by atoms with Gasteiger partial charge in [-0.05, 0) is 76.4 Å². The van der Waals surface area contributed by atoms with Gasteiger partial charge in [-0.15, -0.1) is 11.8 Å². The van der Waals surface area contributed by atoms with Gasteiger partial charge in [-0.2, -0.15) is 0 Å². The van der Waals surface area contributed by atoms with E-state index in [-0.39, 0.29) is 5.91 Å². The summed E-state index contributed by atoms with van der Waals surface area (Å²) in [5.74, 6) is 1.10. The molecule has 0 radical (unpaired) electrons. The van der Waals surface area contributed by atoms with E-state index in [1.54, 1.807) is 11.3 Å². The Morgan fingerprint density at radius 3 is 2.47 bits per heavy atom. The SMILES string of the molecule is Cc1ccc(SCCCC(=O)N(CCN(C)C)c2nc3cc(C)cc(C)c3s2)cc1. The topological polar surface area (TPSA) is 36.4 Å². The predicted molar refractivity (Wildman–Crippen MR) is 131 cm³/mol. The van der Waals surface area contributed by atoms with Gasteiger partial charge in [0, 0.05) is 24.4 Å². The van der Waals surface area contributed by atoms with Crippen molar-refractivity contribution in [1.82, 2.24) is 9.88 Å². The van der Waals surface area contributed by atoms with Crippen molar-refractivity contribution in [2.45, 2.75) is 38.5 Å². The Bertz CT molecular complexity index is 996. The highest BCUT2D eigenvalue weighted by Gasteiger charge is 2.20. The van der Waals surface area contributed by atoms with Crippen molar-refractivity contribution < 1.29 is 4.79 Å². The molecule has 0 unspecified atom stereocenters. The van der Waals surface area contributed by atoms with Crippen molar-refractivity contribution in [3.05, 3.63) is 53.1 Å². The van der Waals surface area contributed by atoms with E-state index in [2.05, 4.69) is 62.1 Å². The van der Waals surface area contributed by atoms with E-state index in [4.69, 9.17) is 4.98 Å². The Hall–Kier alpha value is -1.89. The number of carbonyl (C=O) groups is 1. The van der Waals surface area contributed by atoms with E-state index in [9.17, 15) is 4.79 Å². The number of thioether (sulfide) groups is 1. The number of rotatable bonds is 9. The normalized spacial score (nSPS) is 11.4. The van der Waals surface area contributed by atoms with Gasteiger partial charge in [0.25, 0.3) is 0 Å². The first-order valence-electron chi connectivity index (χ1n) is 10.4. The van der Waals surface area contributed by atoms with Gasteiger partial charge in [0.1, 0.15) is 0 Å². The van der Waals surface area contributed by atoms with E-state index >= 15 is 0 Å². The molecule has 3 rings (SSSR count). The van der Waals surface area contributed by atoms with Gasteiger partial charge in [0.05, 0.1) is 10.2 Å². The molecule has 0 aliphatic rings. The Kier molecular flexibility index (Phi) is 7.92. The van der Waals surface area contributed by atoms with Crippen LogP contribution in [0, 0.1) is 20.8 Å². The maximum absolute atomic E-state index is 13.1. The first-order valence-corrected chi connectivity index (χ1v) is 12.2. The fraction of sp³-hybridized carbons (Fsp3) is 0.417. The Balaban J connectivity index is 1.67. The van der Waals surface area contributed by atoms with Gasteiger partial charge in [-0.25, -0.2) is 4.98 Å². The molecule has 4 nitrogen and oxygen atoms in total. The van der Waals surface area contributed by atoms with Crippen molar-refractivity contribution in [2.75, 3.05) is 37.8 Å². The number of aromatic nitrogens is 1. The second-order valence-electron chi connectivity index (χ2n) is 8.04. The molecule has 0 aliphatic carbocycles. The number of carbonyl (C=O) groups excluding carboxylic acids is 1. The minimum atomic E-state index is 0.162. The minimum absolute atomic E-state index is 0.162. The van der Waals surface area contributed by atoms with Crippen LogP contribution in [0.5, 0.6) is 0 Å². The summed E-state index contributed by atoms with van der Waals surface area (Å²) in [5.41, 5.74) is 4.69. The van der Waals surface area contributed by atoms with Gasteiger partial charge < -0.3 is 4.90 Å². The Labute approximate surface area is 188 Å². The average molecular weight is 442 g/mol. The summed E-state index contributed by atoms with van der Waals surface area (Å²) < 4.78 is 1.17. The largest absolute Gasteiger partial charge is 0.308 e. The molecule has 0 bridgehead atoms. The molecule has 0 N–H and O–H groups in total. The van der Waals surface area contributed by atoms with Crippen LogP contribution in [-0.2, 0) is 4.79 Å². The fourth-order valence-electron chi connectivity index (χ4n) is 3.29. The van der Waals surface area contributed by atoms with E-state index in [0.717, 1.165) is 29.4 Å². The fourth-order valence-corrected chi connectivity index (χ4v) is 5.20. The summed E-state index contributed by atoms with van der Waals surface area (Å²) >= 11 is 3.44. The lowest BCUT2D eigenvalue weighted by molar-refractivity contribution is -0.118. The standard InChI is InChI=1S/C24H31N3OS2/c1-17-8-10-20(11-9-17)29-14-6-7-22(28)27(13-12-26(4)5)24-25-21-16-18(2)15-19(3)23(21)30-24/h8-11,15-16H,6-7,12-14H2,1-5H3. The number of amides is 1. The number of nitrogens with zero attached hydrogens (tertiary/aromatic N) is 3. The van der Waals surface area contributed by atoms with Crippen LogP contribution in [0.15, 0.2) is 41.3 Å². The smallest absolute Gasteiger partial charge is 0.228 e. The van der Waals surface area contributed by atoms with Crippen LogP contribution in [0.25, 0.3) is 10.2 Å². The molecule has 0 fully saturated rings. The van der Waals surface area contributed by atoms with Gasteiger partial charge in [0.2, 0.25) is 5.91 Å². The number of hydrogen-bond acceptors (Lipinski definition) is 5. The van der Waals surface area contributed by atoms with Crippen molar-refractivity contribution in [1.29, 1.82) is 0 Å². The zero-order valence-corrected chi connectivity index (χ0v) is 20.2. The third kappa shape index (κ3) is 6.06. The van der Waals surface area contributed by atoms with Gasteiger partial charge in [0.15, 0.2) is 5.13 Å². The van der Waals surface area contributed by atoms with Crippen LogP contribution in [0.2, 0.25) is 0 Å². The minimum Gasteiger partial charge on any atom is -0.308 e. The van der Waals surface area contributed by atoms with Gasteiger partial charge in [-0.3, -0.25) is 9.69 Å². The summed E-state index contributed by atoms with van der Waals surface area (Å²) in [7, 11) is 4.07. The Morgan fingerprint density at radius 1 is 1.03 bits per heavy atom. The number of thiazole rings is 1. The summed E-state index contributed by atoms with van der Waals surface area (Å²) in [6.45, 7) is 7.78. The molecule has 160 valence electrons. The number of likely N-dealkylation sites (N-methyl/N-ethyl adjacent to an activating group) is 1. The van der Waals surface area contributed by atoms with Crippen molar-refractivity contribution in [2.24, 2.45) is 0 Å². The molecule has 0 saturated heterocycles. The highest BCUT2D eigenvalue weighted by atomic mass is 32.2. The molecular weight excluding hydrogens is 410 g/mol. The maximum Gasteiger partial charge on any atom is 0.228 e. The third-order valence-electron chi connectivity index (χ3n) is 4.94. The van der Waals surface area contributed by atoms with E-state index in [1.807, 2.05) is 30.8 Å². The van der Waals surface area contributed by atoms with Crippen molar-refractivity contribution in [3.8, 4) is 0 Å².